The fourth-order valence-corrected chi connectivity index (χ4v) is 7.41. The van der Waals surface area contributed by atoms with Crippen LogP contribution in [0, 0.1) is 29.8 Å². The fourth-order valence-electron chi connectivity index (χ4n) is 7.41. The number of fused-ring (bicyclic) bond motifs is 3. The molecule has 8 rings (SSSR count). The van der Waals surface area contributed by atoms with Crippen LogP contribution in [0.3, 0.4) is 0 Å². The summed E-state index contributed by atoms with van der Waals surface area (Å²) < 4.78 is 54.5. The van der Waals surface area contributed by atoms with Crippen LogP contribution in [0.25, 0.3) is 17.4 Å². The smallest absolute Gasteiger partial charge is 0.291 e. The lowest BCUT2D eigenvalue weighted by molar-refractivity contribution is -0.000508. The highest BCUT2D eigenvalue weighted by molar-refractivity contribution is 6.11. The van der Waals surface area contributed by atoms with Gasteiger partial charge in [-0.1, -0.05) is 24.3 Å². The van der Waals surface area contributed by atoms with E-state index in [4.69, 9.17) is 9.15 Å². The number of para-hydroxylation sites is 1. The van der Waals surface area contributed by atoms with Crippen molar-refractivity contribution in [2.75, 3.05) is 48.0 Å². The molecule has 0 radical (unpaired) electrons. The van der Waals surface area contributed by atoms with Gasteiger partial charge in [0.1, 0.15) is 34.7 Å². The second-order valence-electron chi connectivity index (χ2n) is 14.1. The van der Waals surface area contributed by atoms with Crippen molar-refractivity contribution >= 4 is 40.9 Å². The Labute approximate surface area is 309 Å². The van der Waals surface area contributed by atoms with E-state index in [9.17, 15) is 27.6 Å². The molecule has 2 fully saturated rings. The van der Waals surface area contributed by atoms with Crippen LogP contribution in [0.2, 0.25) is 0 Å². The largest absolute Gasteiger partial charge is 0.451 e. The number of hydrogen-bond donors (Lipinski definition) is 1. The first-order valence-corrected chi connectivity index (χ1v) is 17.7. The van der Waals surface area contributed by atoms with E-state index in [1.54, 1.807) is 36.5 Å². The minimum Gasteiger partial charge on any atom is -0.451 e. The van der Waals surface area contributed by atoms with Gasteiger partial charge in [-0.05, 0) is 98.0 Å². The summed E-state index contributed by atoms with van der Waals surface area (Å²) in [6.45, 7) is 5.25. The van der Waals surface area contributed by atoms with Crippen molar-refractivity contribution in [1.82, 2.24) is 4.98 Å². The van der Waals surface area contributed by atoms with Gasteiger partial charge in [0.2, 0.25) is 0 Å². The Morgan fingerprint density at radius 2 is 1.67 bits per heavy atom. The molecule has 0 unspecified atom stereocenters. The number of rotatable bonds is 7. The molecular formula is C42H35F3N4O5. The second-order valence-corrected chi connectivity index (χ2v) is 14.1. The molecule has 0 bridgehead atoms. The van der Waals surface area contributed by atoms with Crippen LogP contribution < -0.4 is 15.1 Å². The van der Waals surface area contributed by atoms with Crippen molar-refractivity contribution in [3.63, 3.8) is 0 Å². The molecule has 2 aromatic heterocycles. The molecule has 54 heavy (non-hydrogen) atoms. The van der Waals surface area contributed by atoms with Gasteiger partial charge in [0, 0.05) is 61.2 Å². The number of furan rings is 1. The minimum absolute atomic E-state index is 0.125. The van der Waals surface area contributed by atoms with Crippen LogP contribution in [0.1, 0.15) is 60.8 Å². The zero-order valence-electron chi connectivity index (χ0n) is 29.3. The van der Waals surface area contributed by atoms with E-state index >= 15 is 0 Å². The molecule has 0 atom stereocenters. The van der Waals surface area contributed by atoms with Crippen molar-refractivity contribution in [2.24, 2.45) is 5.41 Å². The molecule has 0 saturated carbocycles. The highest BCUT2D eigenvalue weighted by Gasteiger charge is 2.45. The number of amides is 2. The third-order valence-corrected chi connectivity index (χ3v) is 10.3. The molecule has 9 nitrogen and oxygen atoms in total. The molecule has 5 aromatic rings. The summed E-state index contributed by atoms with van der Waals surface area (Å²) in [6.07, 6.45) is 7.24. The molecule has 1 N–H and O–H groups in total. The quantitative estimate of drug-likeness (QED) is 0.134. The van der Waals surface area contributed by atoms with Crippen LogP contribution in [0.5, 0.6) is 0 Å². The number of halogens is 3. The lowest BCUT2D eigenvalue weighted by Crippen LogP contribution is -2.59. The van der Waals surface area contributed by atoms with E-state index in [2.05, 4.69) is 15.2 Å². The first-order valence-electron chi connectivity index (χ1n) is 17.7. The molecule has 5 heterocycles. The summed E-state index contributed by atoms with van der Waals surface area (Å²) in [4.78, 5) is 48.6. The number of aryl methyl sites for hydroxylation is 1. The Morgan fingerprint density at radius 3 is 2.41 bits per heavy atom. The van der Waals surface area contributed by atoms with Crippen LogP contribution in [-0.2, 0) is 11.2 Å². The van der Waals surface area contributed by atoms with Gasteiger partial charge < -0.3 is 24.3 Å². The van der Waals surface area contributed by atoms with Gasteiger partial charge >= 0.3 is 0 Å². The first kappa shape index (κ1) is 35.0. The molecule has 274 valence electrons. The highest BCUT2D eigenvalue weighted by Crippen LogP contribution is 2.43. The van der Waals surface area contributed by atoms with Crippen molar-refractivity contribution in [2.45, 2.75) is 26.2 Å². The fraction of sp³-hybridized carbons (Fsp3) is 0.238. The molecule has 12 heteroatoms. The molecule has 1 spiro atoms. The summed E-state index contributed by atoms with van der Waals surface area (Å²) in [5.41, 5.74) is 3.26. The summed E-state index contributed by atoms with van der Waals surface area (Å²) >= 11 is 0. The Bertz CT molecular complexity index is 2300. The van der Waals surface area contributed by atoms with Gasteiger partial charge in [-0.3, -0.25) is 14.4 Å². The third kappa shape index (κ3) is 6.69. The molecule has 3 aliphatic rings. The monoisotopic (exact) mass is 732 g/mol. The van der Waals surface area contributed by atoms with E-state index in [1.807, 2.05) is 13.0 Å². The molecule has 3 aromatic carbocycles. The number of ether oxygens (including phenoxy) is 1. The molecule has 2 amide bonds. The zero-order chi connectivity index (χ0) is 37.6. The normalized spacial score (nSPS) is 16.1. The number of benzene rings is 3. The predicted octanol–water partition coefficient (Wildman–Crippen LogP) is 8.04. The van der Waals surface area contributed by atoms with Crippen LogP contribution >= 0.6 is 0 Å². The number of aromatic nitrogens is 1. The number of hydrogen-bond acceptors (Lipinski definition) is 7. The van der Waals surface area contributed by atoms with Crippen molar-refractivity contribution in [1.29, 1.82) is 0 Å². The molecular weight excluding hydrogens is 697 g/mol. The zero-order valence-corrected chi connectivity index (χ0v) is 29.3. The van der Waals surface area contributed by atoms with Crippen LogP contribution in [0.4, 0.5) is 30.4 Å². The highest BCUT2D eigenvalue weighted by atomic mass is 19.1. The van der Waals surface area contributed by atoms with Gasteiger partial charge in [-0.15, -0.1) is 0 Å². The number of allylic oxidation sites excluding steroid dienone is 1. The number of carbonyl (C=O) groups is 3. The van der Waals surface area contributed by atoms with Crippen LogP contribution in [0.15, 0.2) is 89.5 Å². The van der Waals surface area contributed by atoms with Gasteiger partial charge in [0.05, 0.1) is 11.3 Å². The minimum atomic E-state index is -0.941. The lowest BCUT2D eigenvalue weighted by atomic mass is 9.73. The van der Waals surface area contributed by atoms with Crippen molar-refractivity contribution in [3.8, 4) is 11.3 Å². The summed E-state index contributed by atoms with van der Waals surface area (Å²) in [7, 11) is 0. The SMILES string of the molecule is Cc1cnc(N2CC3(CCOCC3)C2)c(C(=O)/C=C/c2ccc(C(=O)N3CCc4cc(C(=O)Nc5c(F)cccc5F)oc4-c4ccc(F)cc43)cc2)c1. The molecule has 0 aliphatic carbocycles. The van der Waals surface area contributed by atoms with Gasteiger partial charge in [0.25, 0.3) is 11.8 Å². The Balaban J connectivity index is 0.983. The molecule has 3 aliphatic heterocycles. The average Bonchev–Trinajstić information content (AvgIpc) is 3.53. The Hall–Kier alpha value is -6.01. The lowest BCUT2D eigenvalue weighted by Gasteiger charge is -2.53. The second kappa shape index (κ2) is 14.1. The number of nitrogens with zero attached hydrogens (tertiary/aromatic N) is 3. The first-order chi connectivity index (χ1) is 26.1. The third-order valence-electron chi connectivity index (χ3n) is 10.3. The van der Waals surface area contributed by atoms with Gasteiger partial charge in [0.15, 0.2) is 11.5 Å². The maximum atomic E-state index is 14.7. The van der Waals surface area contributed by atoms with E-state index in [-0.39, 0.29) is 47.3 Å². The maximum absolute atomic E-state index is 14.7. The van der Waals surface area contributed by atoms with Gasteiger partial charge in [-0.25, -0.2) is 18.2 Å². The maximum Gasteiger partial charge on any atom is 0.291 e. The summed E-state index contributed by atoms with van der Waals surface area (Å²) in [5, 5.41) is 2.21. The summed E-state index contributed by atoms with van der Waals surface area (Å²) in [6, 6.07) is 17.2. The van der Waals surface area contributed by atoms with Crippen molar-refractivity contribution in [3.05, 3.63) is 136 Å². The number of anilines is 3. The molecule has 2 saturated heterocycles. The van der Waals surface area contributed by atoms with Gasteiger partial charge in [-0.2, -0.15) is 0 Å². The van der Waals surface area contributed by atoms with E-state index in [0.717, 1.165) is 56.8 Å². The predicted molar refractivity (Wildman–Crippen MR) is 197 cm³/mol. The van der Waals surface area contributed by atoms with E-state index < -0.39 is 29.0 Å². The van der Waals surface area contributed by atoms with Crippen molar-refractivity contribution < 1.29 is 36.7 Å². The summed E-state index contributed by atoms with van der Waals surface area (Å²) in [5.74, 6) is -3.16. The van der Waals surface area contributed by atoms with E-state index in [1.165, 1.54) is 41.3 Å². The number of nitrogens with one attached hydrogen (secondary N) is 1. The topological polar surface area (TPSA) is 105 Å². The average molecular weight is 733 g/mol. The van der Waals surface area contributed by atoms with Crippen LogP contribution in [-0.4, -0.2) is 55.4 Å². The van der Waals surface area contributed by atoms with E-state index in [0.29, 0.717) is 33.6 Å². The number of carbonyl (C=O) groups excluding carboxylic acids is 3. The standard InChI is InChI=1S/C42H35F3N4O5/c1-25-19-31(39(46-22-25)48-23-42(24-48)14-17-53-18-15-42)35(50)12-7-26-5-8-27(9-6-26)41(52)49-16-13-28-20-36(40(51)47-37-32(44)3-2-4-33(37)45)54-38(28)30-11-10-29(43)21-34(30)49/h2-12,19-22H,13-18,23-24H2,1H3,(H,47,51)/b12-7+. The number of pyridine rings is 1. The Kier molecular flexibility index (Phi) is 9.14. The Morgan fingerprint density at radius 1 is 0.926 bits per heavy atom. The number of ketones is 1.